The van der Waals surface area contributed by atoms with Gasteiger partial charge in [0.2, 0.25) is 0 Å². The van der Waals surface area contributed by atoms with Crippen molar-refractivity contribution in [3.8, 4) is 0 Å². The fraction of sp³-hybridized carbons (Fsp3) is 0.667. The Morgan fingerprint density at radius 3 is 2.45 bits per heavy atom. The molecule has 1 aromatic carbocycles. The third kappa shape index (κ3) is 3.62. The van der Waals surface area contributed by atoms with Crippen LogP contribution in [0.3, 0.4) is 0 Å². The summed E-state index contributed by atoms with van der Waals surface area (Å²) in [6.07, 6.45) is 3.13. The predicted octanol–water partition coefficient (Wildman–Crippen LogP) is 4.06. The van der Waals surface area contributed by atoms with Gasteiger partial charge in [-0.15, -0.1) is 0 Å². The SMILES string of the molecule is CCC1(C)CC(O)(Cc2ccc(C(C)C)cc2)CCO1. The second kappa shape index (κ2) is 5.87. The average molecular weight is 276 g/mol. The smallest absolute Gasteiger partial charge is 0.0737 e. The number of benzene rings is 1. The zero-order valence-electron chi connectivity index (χ0n) is 13.3. The zero-order valence-corrected chi connectivity index (χ0v) is 13.3. The van der Waals surface area contributed by atoms with Crippen LogP contribution in [-0.2, 0) is 11.2 Å². The van der Waals surface area contributed by atoms with Crippen LogP contribution in [0.25, 0.3) is 0 Å². The fourth-order valence-electron chi connectivity index (χ4n) is 3.10. The van der Waals surface area contributed by atoms with Crippen LogP contribution in [-0.4, -0.2) is 22.9 Å². The van der Waals surface area contributed by atoms with Gasteiger partial charge in [0.1, 0.15) is 0 Å². The molecule has 1 heterocycles. The summed E-state index contributed by atoms with van der Waals surface area (Å²) in [7, 11) is 0. The molecule has 1 aliphatic rings. The molecule has 1 N–H and O–H groups in total. The van der Waals surface area contributed by atoms with E-state index in [1.165, 1.54) is 11.1 Å². The van der Waals surface area contributed by atoms with Crippen LogP contribution in [0.2, 0.25) is 0 Å². The van der Waals surface area contributed by atoms with Gasteiger partial charge >= 0.3 is 0 Å². The first kappa shape index (κ1) is 15.5. The lowest BCUT2D eigenvalue weighted by Crippen LogP contribution is -2.48. The molecule has 112 valence electrons. The molecule has 0 radical (unpaired) electrons. The van der Waals surface area contributed by atoms with E-state index in [4.69, 9.17) is 4.74 Å². The monoisotopic (exact) mass is 276 g/mol. The summed E-state index contributed by atoms with van der Waals surface area (Å²) < 4.78 is 5.84. The van der Waals surface area contributed by atoms with E-state index in [0.29, 0.717) is 12.5 Å². The Morgan fingerprint density at radius 1 is 1.25 bits per heavy atom. The summed E-state index contributed by atoms with van der Waals surface area (Å²) in [6, 6.07) is 8.68. The van der Waals surface area contributed by atoms with Crippen molar-refractivity contribution in [2.24, 2.45) is 0 Å². The van der Waals surface area contributed by atoms with Crippen molar-refractivity contribution in [2.45, 2.75) is 70.5 Å². The van der Waals surface area contributed by atoms with Crippen LogP contribution in [0.15, 0.2) is 24.3 Å². The van der Waals surface area contributed by atoms with Crippen molar-refractivity contribution in [1.29, 1.82) is 0 Å². The topological polar surface area (TPSA) is 29.5 Å². The first-order chi connectivity index (χ1) is 9.36. The Kier molecular flexibility index (Phi) is 4.55. The maximum absolute atomic E-state index is 10.9. The molecule has 1 fully saturated rings. The number of hydrogen-bond donors (Lipinski definition) is 1. The summed E-state index contributed by atoms with van der Waals surface area (Å²) in [5.41, 5.74) is 1.77. The van der Waals surface area contributed by atoms with Crippen LogP contribution < -0.4 is 0 Å². The average Bonchev–Trinajstić information content (AvgIpc) is 2.38. The van der Waals surface area contributed by atoms with E-state index in [1.807, 2.05) is 0 Å². The summed E-state index contributed by atoms with van der Waals surface area (Å²) in [5, 5.41) is 10.9. The number of ether oxygens (including phenoxy) is 1. The van der Waals surface area contributed by atoms with Crippen LogP contribution in [0.5, 0.6) is 0 Å². The Labute approximate surface area is 123 Å². The van der Waals surface area contributed by atoms with E-state index in [-0.39, 0.29) is 5.60 Å². The first-order valence-electron chi connectivity index (χ1n) is 7.81. The molecule has 2 atom stereocenters. The lowest BCUT2D eigenvalue weighted by molar-refractivity contribution is -0.152. The van der Waals surface area contributed by atoms with Gasteiger partial charge in [0.15, 0.2) is 0 Å². The van der Waals surface area contributed by atoms with Crippen molar-refractivity contribution in [2.75, 3.05) is 6.61 Å². The van der Waals surface area contributed by atoms with E-state index in [1.54, 1.807) is 0 Å². The number of aliphatic hydroxyl groups is 1. The minimum atomic E-state index is -0.623. The van der Waals surface area contributed by atoms with Gasteiger partial charge < -0.3 is 9.84 Å². The lowest BCUT2D eigenvalue weighted by Gasteiger charge is -2.43. The van der Waals surface area contributed by atoms with Gasteiger partial charge in [-0.2, -0.15) is 0 Å². The van der Waals surface area contributed by atoms with Gasteiger partial charge in [-0.3, -0.25) is 0 Å². The second-order valence-electron chi connectivity index (χ2n) is 6.88. The predicted molar refractivity (Wildman–Crippen MR) is 83.1 cm³/mol. The molecule has 2 unspecified atom stereocenters. The Morgan fingerprint density at radius 2 is 1.90 bits per heavy atom. The highest BCUT2D eigenvalue weighted by atomic mass is 16.5. The molecule has 1 aliphatic heterocycles. The molecule has 0 spiro atoms. The van der Waals surface area contributed by atoms with E-state index in [9.17, 15) is 5.11 Å². The first-order valence-corrected chi connectivity index (χ1v) is 7.81. The van der Waals surface area contributed by atoms with E-state index in [2.05, 4.69) is 52.0 Å². The van der Waals surface area contributed by atoms with Gasteiger partial charge in [0.25, 0.3) is 0 Å². The minimum absolute atomic E-state index is 0.176. The highest BCUT2D eigenvalue weighted by molar-refractivity contribution is 5.26. The van der Waals surface area contributed by atoms with E-state index < -0.39 is 5.60 Å². The lowest BCUT2D eigenvalue weighted by atomic mass is 9.78. The van der Waals surface area contributed by atoms with Gasteiger partial charge in [0, 0.05) is 12.8 Å². The van der Waals surface area contributed by atoms with Gasteiger partial charge in [-0.25, -0.2) is 0 Å². The van der Waals surface area contributed by atoms with Crippen LogP contribution in [0, 0.1) is 0 Å². The maximum atomic E-state index is 10.9. The number of hydrogen-bond acceptors (Lipinski definition) is 2. The fourth-order valence-corrected chi connectivity index (χ4v) is 3.10. The second-order valence-corrected chi connectivity index (χ2v) is 6.88. The molecule has 1 aromatic rings. The van der Waals surface area contributed by atoms with Crippen LogP contribution >= 0.6 is 0 Å². The van der Waals surface area contributed by atoms with Crippen molar-refractivity contribution < 1.29 is 9.84 Å². The highest BCUT2D eigenvalue weighted by Crippen LogP contribution is 2.36. The maximum Gasteiger partial charge on any atom is 0.0737 e. The van der Waals surface area contributed by atoms with Gasteiger partial charge in [-0.05, 0) is 36.8 Å². The van der Waals surface area contributed by atoms with Crippen LogP contribution in [0.4, 0.5) is 0 Å². The Bertz CT molecular complexity index is 437. The summed E-state index contributed by atoms with van der Waals surface area (Å²) in [4.78, 5) is 0. The van der Waals surface area contributed by atoms with Gasteiger partial charge in [0.05, 0.1) is 17.8 Å². The molecule has 2 rings (SSSR count). The third-order valence-electron chi connectivity index (χ3n) is 4.65. The molecule has 0 saturated carbocycles. The van der Waals surface area contributed by atoms with Gasteiger partial charge in [-0.1, -0.05) is 45.0 Å². The zero-order chi connectivity index (χ0) is 14.8. The standard InChI is InChI=1S/C18H28O2/c1-5-17(4)13-18(19,10-11-20-17)12-15-6-8-16(9-7-15)14(2)3/h6-9,14,19H,5,10-13H2,1-4H3. The molecular weight excluding hydrogens is 248 g/mol. The summed E-state index contributed by atoms with van der Waals surface area (Å²) in [6.45, 7) is 9.30. The summed E-state index contributed by atoms with van der Waals surface area (Å²) >= 11 is 0. The third-order valence-corrected chi connectivity index (χ3v) is 4.65. The molecule has 0 bridgehead atoms. The van der Waals surface area contributed by atoms with E-state index >= 15 is 0 Å². The van der Waals surface area contributed by atoms with Crippen molar-refractivity contribution in [3.05, 3.63) is 35.4 Å². The van der Waals surface area contributed by atoms with E-state index in [0.717, 1.165) is 25.7 Å². The Hall–Kier alpha value is -0.860. The molecule has 1 saturated heterocycles. The van der Waals surface area contributed by atoms with Crippen molar-refractivity contribution in [3.63, 3.8) is 0 Å². The molecule has 0 aromatic heterocycles. The molecule has 2 nitrogen and oxygen atoms in total. The molecule has 0 aliphatic carbocycles. The molecule has 0 amide bonds. The van der Waals surface area contributed by atoms with Crippen molar-refractivity contribution >= 4 is 0 Å². The summed E-state index contributed by atoms with van der Waals surface area (Å²) in [5.74, 6) is 0.554. The molecule has 2 heteroatoms. The Balaban J connectivity index is 2.08. The normalized spacial score (nSPS) is 30.7. The number of rotatable bonds is 4. The molecular formula is C18H28O2. The quantitative estimate of drug-likeness (QED) is 0.898. The molecule has 20 heavy (non-hydrogen) atoms. The largest absolute Gasteiger partial charge is 0.389 e. The van der Waals surface area contributed by atoms with Crippen molar-refractivity contribution in [1.82, 2.24) is 0 Å². The highest BCUT2D eigenvalue weighted by Gasteiger charge is 2.40. The van der Waals surface area contributed by atoms with Crippen LogP contribution in [0.1, 0.15) is 64.0 Å². The minimum Gasteiger partial charge on any atom is -0.389 e.